The molecule has 0 spiro atoms. The fourth-order valence-corrected chi connectivity index (χ4v) is 3.56. The van der Waals surface area contributed by atoms with Crippen LogP contribution in [-0.2, 0) is 0 Å². The van der Waals surface area contributed by atoms with Crippen molar-refractivity contribution in [1.29, 1.82) is 0 Å². The third kappa shape index (κ3) is 2.09. The van der Waals surface area contributed by atoms with Crippen molar-refractivity contribution in [1.82, 2.24) is 15.5 Å². The van der Waals surface area contributed by atoms with E-state index in [1.54, 1.807) is 0 Å². The smallest absolute Gasteiger partial charge is 0.244 e. The first-order chi connectivity index (χ1) is 9.92. The van der Waals surface area contributed by atoms with Crippen LogP contribution in [0.2, 0.25) is 0 Å². The zero-order valence-corrected chi connectivity index (χ0v) is 11.7. The van der Waals surface area contributed by atoms with Crippen molar-refractivity contribution in [2.75, 3.05) is 24.7 Å². The van der Waals surface area contributed by atoms with Crippen LogP contribution in [0.1, 0.15) is 29.2 Å². The van der Waals surface area contributed by atoms with Gasteiger partial charge in [0, 0.05) is 23.6 Å². The van der Waals surface area contributed by atoms with E-state index in [1.165, 1.54) is 0 Å². The number of hydrogen-bond acceptors (Lipinski definition) is 6. The van der Waals surface area contributed by atoms with Gasteiger partial charge in [-0.1, -0.05) is 23.4 Å². The van der Waals surface area contributed by atoms with Crippen LogP contribution >= 0.6 is 11.8 Å². The molecule has 20 heavy (non-hydrogen) atoms. The molecule has 2 unspecified atom stereocenters. The number of aromatic nitrogens is 2. The van der Waals surface area contributed by atoms with E-state index in [4.69, 9.17) is 9.26 Å². The van der Waals surface area contributed by atoms with E-state index in [9.17, 15) is 0 Å². The second-order valence-corrected chi connectivity index (χ2v) is 6.12. The van der Waals surface area contributed by atoms with Crippen molar-refractivity contribution in [2.24, 2.45) is 0 Å². The van der Waals surface area contributed by atoms with E-state index in [0.717, 1.165) is 35.2 Å². The Kier molecular flexibility index (Phi) is 3.12. The molecule has 6 heteroatoms. The summed E-state index contributed by atoms with van der Waals surface area (Å²) in [5.41, 5.74) is 1.14. The molecule has 5 nitrogen and oxygen atoms in total. The van der Waals surface area contributed by atoms with Crippen LogP contribution in [0, 0.1) is 0 Å². The minimum absolute atomic E-state index is 0.0833. The van der Waals surface area contributed by atoms with Crippen molar-refractivity contribution < 1.29 is 9.26 Å². The van der Waals surface area contributed by atoms with Gasteiger partial charge in [0.05, 0.1) is 12.0 Å². The van der Waals surface area contributed by atoms with Crippen LogP contribution in [-0.4, -0.2) is 34.8 Å². The molecule has 2 aliphatic heterocycles. The van der Waals surface area contributed by atoms with Gasteiger partial charge in [-0.3, -0.25) is 0 Å². The van der Waals surface area contributed by atoms with Crippen LogP contribution in [0.3, 0.4) is 0 Å². The van der Waals surface area contributed by atoms with Gasteiger partial charge in [-0.2, -0.15) is 16.7 Å². The number of benzene rings is 1. The molecular weight excluding hydrogens is 274 g/mol. The van der Waals surface area contributed by atoms with Crippen molar-refractivity contribution in [2.45, 2.75) is 12.0 Å². The standard InChI is InChI=1S/C14H15N3O2S/c1-2-4-12-9(3-1)10(7-18-12)13-16-14(19-17-13)11-8-20-6-5-15-11/h1-4,10-11,15H,5-8H2. The Morgan fingerprint density at radius 3 is 3.15 bits per heavy atom. The van der Waals surface area contributed by atoms with Crippen molar-refractivity contribution in [3.63, 3.8) is 0 Å². The number of nitrogens with one attached hydrogen (secondary N) is 1. The van der Waals surface area contributed by atoms with Gasteiger partial charge in [0.15, 0.2) is 5.82 Å². The lowest BCUT2D eigenvalue weighted by Gasteiger charge is -2.19. The first-order valence-electron chi connectivity index (χ1n) is 6.78. The van der Waals surface area contributed by atoms with Crippen LogP contribution in [0.15, 0.2) is 28.8 Å². The monoisotopic (exact) mass is 289 g/mol. The maximum Gasteiger partial charge on any atom is 0.244 e. The molecule has 1 N–H and O–H groups in total. The van der Waals surface area contributed by atoms with Crippen LogP contribution in [0.4, 0.5) is 0 Å². The summed E-state index contributed by atoms with van der Waals surface area (Å²) in [5, 5.41) is 7.57. The van der Waals surface area contributed by atoms with Gasteiger partial charge in [0.1, 0.15) is 12.4 Å². The number of nitrogens with zero attached hydrogens (tertiary/aromatic N) is 2. The maximum absolute atomic E-state index is 5.68. The molecule has 1 saturated heterocycles. The fourth-order valence-electron chi connectivity index (χ4n) is 2.63. The van der Waals surface area contributed by atoms with Crippen molar-refractivity contribution >= 4 is 11.8 Å². The van der Waals surface area contributed by atoms with Gasteiger partial charge in [-0.05, 0) is 6.07 Å². The van der Waals surface area contributed by atoms with Gasteiger partial charge >= 0.3 is 0 Å². The summed E-state index contributed by atoms with van der Waals surface area (Å²) in [5.74, 6) is 4.55. The molecule has 0 radical (unpaired) electrons. The molecule has 2 aliphatic rings. The van der Waals surface area contributed by atoms with Gasteiger partial charge in [-0.25, -0.2) is 0 Å². The van der Waals surface area contributed by atoms with Crippen molar-refractivity contribution in [3.8, 4) is 5.75 Å². The van der Waals surface area contributed by atoms with E-state index >= 15 is 0 Å². The third-order valence-electron chi connectivity index (χ3n) is 3.69. The highest BCUT2D eigenvalue weighted by atomic mass is 32.2. The summed E-state index contributed by atoms with van der Waals surface area (Å²) in [6.07, 6.45) is 0. The molecule has 2 atom stereocenters. The van der Waals surface area contributed by atoms with E-state index < -0.39 is 0 Å². The SMILES string of the molecule is c1ccc2c(c1)OCC2c1noc(C2CSCCN2)n1. The minimum Gasteiger partial charge on any atom is -0.492 e. The lowest BCUT2D eigenvalue weighted by molar-refractivity contribution is 0.324. The molecule has 0 bridgehead atoms. The Labute approximate surface area is 121 Å². The van der Waals surface area contributed by atoms with Crippen LogP contribution in [0.25, 0.3) is 0 Å². The summed E-state index contributed by atoms with van der Waals surface area (Å²) in [4.78, 5) is 4.58. The number of fused-ring (bicyclic) bond motifs is 1. The highest BCUT2D eigenvalue weighted by Crippen LogP contribution is 2.37. The Morgan fingerprint density at radius 1 is 1.30 bits per heavy atom. The van der Waals surface area contributed by atoms with Crippen LogP contribution in [0.5, 0.6) is 5.75 Å². The lowest BCUT2D eigenvalue weighted by Crippen LogP contribution is -2.30. The van der Waals surface area contributed by atoms with E-state index in [0.29, 0.717) is 12.5 Å². The number of rotatable bonds is 2. The second kappa shape index (κ2) is 5.10. The molecule has 2 aromatic rings. The summed E-state index contributed by atoms with van der Waals surface area (Å²) in [6.45, 7) is 1.58. The van der Waals surface area contributed by atoms with Gasteiger partial charge in [0.2, 0.25) is 5.89 Å². The molecular formula is C14H15N3O2S. The molecule has 0 aliphatic carbocycles. The molecule has 0 saturated carbocycles. The minimum atomic E-state index is 0.0833. The topological polar surface area (TPSA) is 60.2 Å². The Bertz CT molecular complexity index is 610. The molecule has 1 fully saturated rings. The number of ether oxygens (including phenoxy) is 1. The Balaban J connectivity index is 1.59. The average Bonchev–Trinajstić information content (AvgIpc) is 3.14. The van der Waals surface area contributed by atoms with Crippen molar-refractivity contribution in [3.05, 3.63) is 41.5 Å². The lowest BCUT2D eigenvalue weighted by atomic mass is 10.0. The van der Waals surface area contributed by atoms with Crippen LogP contribution < -0.4 is 10.1 Å². The Hall–Kier alpha value is -1.53. The molecule has 4 rings (SSSR count). The third-order valence-corrected chi connectivity index (χ3v) is 4.75. The molecule has 3 heterocycles. The number of hydrogen-bond donors (Lipinski definition) is 1. The first kappa shape index (κ1) is 12.2. The predicted molar refractivity (Wildman–Crippen MR) is 76.1 cm³/mol. The summed E-state index contributed by atoms with van der Waals surface area (Å²) < 4.78 is 11.1. The van der Waals surface area contributed by atoms with Gasteiger partial charge in [0.25, 0.3) is 0 Å². The summed E-state index contributed by atoms with van der Waals surface area (Å²) >= 11 is 1.91. The molecule has 104 valence electrons. The fraction of sp³-hybridized carbons (Fsp3) is 0.429. The average molecular weight is 289 g/mol. The normalized spacial score (nSPS) is 25.2. The highest BCUT2D eigenvalue weighted by molar-refractivity contribution is 7.99. The molecule has 0 amide bonds. The van der Waals surface area contributed by atoms with E-state index in [2.05, 4.69) is 21.5 Å². The summed E-state index contributed by atoms with van der Waals surface area (Å²) in [7, 11) is 0. The molecule has 1 aromatic carbocycles. The molecule has 1 aromatic heterocycles. The first-order valence-corrected chi connectivity index (χ1v) is 7.93. The van der Waals surface area contributed by atoms with Gasteiger partial charge in [-0.15, -0.1) is 0 Å². The maximum atomic E-state index is 5.68. The van der Waals surface area contributed by atoms with E-state index in [1.807, 2.05) is 30.0 Å². The Morgan fingerprint density at radius 2 is 2.25 bits per heavy atom. The van der Waals surface area contributed by atoms with E-state index in [-0.39, 0.29) is 12.0 Å². The largest absolute Gasteiger partial charge is 0.492 e. The van der Waals surface area contributed by atoms with Gasteiger partial charge < -0.3 is 14.6 Å². The highest BCUT2D eigenvalue weighted by Gasteiger charge is 2.31. The number of para-hydroxylation sites is 1. The predicted octanol–water partition coefficient (Wildman–Crippen LogP) is 1.97. The summed E-state index contributed by atoms with van der Waals surface area (Å²) in [6, 6.07) is 8.22. The number of thioether (sulfide) groups is 1. The zero-order chi connectivity index (χ0) is 13.4. The second-order valence-electron chi connectivity index (χ2n) is 4.97. The zero-order valence-electron chi connectivity index (χ0n) is 10.9. The quantitative estimate of drug-likeness (QED) is 0.912.